The van der Waals surface area contributed by atoms with Gasteiger partial charge in [-0.3, -0.25) is 4.57 Å². The van der Waals surface area contributed by atoms with Gasteiger partial charge in [0.1, 0.15) is 29.7 Å². The highest BCUT2D eigenvalue weighted by atomic mass is 16.6. The molecule has 2 aromatic heterocycles. The van der Waals surface area contributed by atoms with Crippen molar-refractivity contribution in [1.82, 2.24) is 19.5 Å². The first-order valence-corrected chi connectivity index (χ1v) is 6.75. The summed E-state index contributed by atoms with van der Waals surface area (Å²) in [6.07, 6.45) is 0.624. The van der Waals surface area contributed by atoms with Gasteiger partial charge in [-0.15, -0.1) is 0 Å². The van der Waals surface area contributed by atoms with Crippen molar-refractivity contribution in [3.05, 3.63) is 12.7 Å². The number of aliphatic hydroxyl groups excluding tert-OH is 2. The highest BCUT2D eigenvalue weighted by Crippen LogP contribution is 2.57. The van der Waals surface area contributed by atoms with E-state index < -0.39 is 24.0 Å². The number of fused-ring (bicyclic) bond motifs is 1. The summed E-state index contributed by atoms with van der Waals surface area (Å²) in [6.45, 7) is 0.413. The first-order valence-electron chi connectivity index (χ1n) is 6.75. The third-order valence-electron chi connectivity index (χ3n) is 4.50. The molecule has 112 valence electrons. The predicted molar refractivity (Wildman–Crippen MR) is 71.8 cm³/mol. The quantitative estimate of drug-likeness (QED) is 0.516. The Labute approximate surface area is 119 Å². The third kappa shape index (κ3) is 1.57. The van der Waals surface area contributed by atoms with Gasteiger partial charge in [0.2, 0.25) is 0 Å². The largest absolute Gasteiger partial charge is 0.387 e. The van der Waals surface area contributed by atoms with Gasteiger partial charge >= 0.3 is 0 Å². The van der Waals surface area contributed by atoms with E-state index >= 15 is 0 Å². The Morgan fingerprint density at radius 3 is 2.90 bits per heavy atom. The fourth-order valence-corrected chi connectivity index (χ4v) is 3.20. The van der Waals surface area contributed by atoms with Gasteiger partial charge in [0.15, 0.2) is 17.7 Å². The van der Waals surface area contributed by atoms with Gasteiger partial charge in [-0.25, -0.2) is 15.0 Å². The van der Waals surface area contributed by atoms with Crippen molar-refractivity contribution < 1.29 is 14.9 Å². The van der Waals surface area contributed by atoms with Crippen molar-refractivity contribution in [2.45, 2.75) is 30.5 Å². The molecule has 4 rings (SSSR count). The van der Waals surface area contributed by atoms with Crippen molar-refractivity contribution >= 4 is 17.0 Å². The molecular formula is C12H16N6O3. The lowest BCUT2D eigenvalue weighted by molar-refractivity contribution is -0.0526. The minimum Gasteiger partial charge on any atom is -0.387 e. The van der Waals surface area contributed by atoms with Crippen molar-refractivity contribution in [2.75, 3.05) is 12.3 Å². The van der Waals surface area contributed by atoms with Gasteiger partial charge in [0.25, 0.3) is 0 Å². The summed E-state index contributed by atoms with van der Waals surface area (Å²) in [6, 6.07) is 0. The normalized spacial score (nSPS) is 38.4. The van der Waals surface area contributed by atoms with E-state index in [0.717, 1.165) is 0 Å². The summed E-state index contributed by atoms with van der Waals surface area (Å²) in [5, 5.41) is 20.6. The highest BCUT2D eigenvalue weighted by molar-refractivity contribution is 5.81. The Hall–Kier alpha value is -1.81. The van der Waals surface area contributed by atoms with E-state index in [4.69, 9.17) is 16.2 Å². The second kappa shape index (κ2) is 4.10. The van der Waals surface area contributed by atoms with Crippen molar-refractivity contribution in [2.24, 2.45) is 11.7 Å². The van der Waals surface area contributed by atoms with Gasteiger partial charge in [-0.1, -0.05) is 0 Å². The molecule has 9 nitrogen and oxygen atoms in total. The molecule has 1 spiro atoms. The zero-order valence-electron chi connectivity index (χ0n) is 11.1. The molecule has 0 amide bonds. The first-order chi connectivity index (χ1) is 10.1. The SMILES string of the molecule is NC[C@H]1C[C@]12O[C@@H](n1cnc3c(N)ncnc31)C(O)C2O. The minimum atomic E-state index is -1.07. The minimum absolute atomic E-state index is 0.0571. The number of ether oxygens (including phenoxy) is 1. The van der Waals surface area contributed by atoms with E-state index in [9.17, 15) is 10.2 Å². The molecule has 2 fully saturated rings. The van der Waals surface area contributed by atoms with Crippen LogP contribution in [0.2, 0.25) is 0 Å². The van der Waals surface area contributed by atoms with E-state index in [2.05, 4.69) is 15.0 Å². The molecule has 0 radical (unpaired) electrons. The van der Waals surface area contributed by atoms with Crippen LogP contribution in [0.25, 0.3) is 11.2 Å². The summed E-state index contributed by atoms with van der Waals surface area (Å²) in [7, 11) is 0. The Morgan fingerprint density at radius 2 is 2.19 bits per heavy atom. The number of nitrogen functional groups attached to an aromatic ring is 1. The summed E-state index contributed by atoms with van der Waals surface area (Å²) in [4.78, 5) is 12.1. The van der Waals surface area contributed by atoms with Crippen LogP contribution in [0, 0.1) is 5.92 Å². The molecule has 5 atom stereocenters. The lowest BCUT2D eigenvalue weighted by Crippen LogP contribution is -2.34. The van der Waals surface area contributed by atoms with Gasteiger partial charge in [-0.05, 0) is 13.0 Å². The molecule has 1 saturated carbocycles. The predicted octanol–water partition coefficient (Wildman–Crippen LogP) is -1.62. The molecule has 21 heavy (non-hydrogen) atoms. The molecule has 2 unspecified atom stereocenters. The standard InChI is InChI=1S/C12H16N6O3/c13-2-5-1-12(5)8(20)7(19)11(21-12)18-4-17-6-9(14)15-3-16-10(6)18/h3-5,7-8,11,19-20H,1-2,13H2,(H2,14,15,16)/t5-,7?,8?,11-,12+/m1/s1. The van der Waals surface area contributed by atoms with Crippen LogP contribution in [0.15, 0.2) is 12.7 Å². The smallest absolute Gasteiger partial charge is 0.167 e. The number of nitrogens with two attached hydrogens (primary N) is 2. The average molecular weight is 292 g/mol. The second-order valence-corrected chi connectivity index (χ2v) is 5.62. The summed E-state index contributed by atoms with van der Waals surface area (Å²) < 4.78 is 7.49. The number of anilines is 1. The maximum Gasteiger partial charge on any atom is 0.167 e. The molecule has 6 N–H and O–H groups in total. The van der Waals surface area contributed by atoms with Crippen LogP contribution in [-0.2, 0) is 4.74 Å². The molecular weight excluding hydrogens is 276 g/mol. The zero-order chi connectivity index (χ0) is 14.8. The second-order valence-electron chi connectivity index (χ2n) is 5.62. The van der Waals surface area contributed by atoms with Gasteiger partial charge < -0.3 is 26.4 Å². The average Bonchev–Trinajstić information content (AvgIpc) is 2.94. The van der Waals surface area contributed by atoms with Gasteiger partial charge in [0.05, 0.1) is 6.33 Å². The number of hydrogen-bond donors (Lipinski definition) is 4. The van der Waals surface area contributed by atoms with E-state index in [1.165, 1.54) is 12.7 Å². The monoisotopic (exact) mass is 292 g/mol. The molecule has 0 aromatic carbocycles. The molecule has 1 saturated heterocycles. The number of imidazole rings is 1. The summed E-state index contributed by atoms with van der Waals surface area (Å²) in [5.41, 5.74) is 11.5. The van der Waals surface area contributed by atoms with E-state index in [0.29, 0.717) is 24.1 Å². The maximum absolute atomic E-state index is 10.3. The van der Waals surface area contributed by atoms with Crippen LogP contribution in [0.4, 0.5) is 5.82 Å². The Bertz CT molecular complexity index is 705. The lowest BCUT2D eigenvalue weighted by Gasteiger charge is -2.16. The molecule has 1 aliphatic carbocycles. The number of aromatic nitrogens is 4. The maximum atomic E-state index is 10.3. The molecule has 9 heteroatoms. The van der Waals surface area contributed by atoms with Crippen LogP contribution in [-0.4, -0.2) is 54.1 Å². The Balaban J connectivity index is 1.75. The number of hydrogen-bond acceptors (Lipinski definition) is 8. The fourth-order valence-electron chi connectivity index (χ4n) is 3.20. The number of rotatable bonds is 2. The molecule has 2 aromatic rings. The molecule has 3 heterocycles. The number of aliphatic hydroxyl groups is 2. The molecule has 1 aliphatic heterocycles. The van der Waals surface area contributed by atoms with Crippen LogP contribution < -0.4 is 11.5 Å². The van der Waals surface area contributed by atoms with Crippen LogP contribution >= 0.6 is 0 Å². The van der Waals surface area contributed by atoms with E-state index in [1.807, 2.05) is 0 Å². The molecule has 2 aliphatic rings. The van der Waals surface area contributed by atoms with E-state index in [-0.39, 0.29) is 11.7 Å². The van der Waals surface area contributed by atoms with Crippen molar-refractivity contribution in [1.29, 1.82) is 0 Å². The zero-order valence-corrected chi connectivity index (χ0v) is 11.1. The van der Waals surface area contributed by atoms with Gasteiger partial charge in [0, 0.05) is 5.92 Å². The Morgan fingerprint density at radius 1 is 1.38 bits per heavy atom. The summed E-state index contributed by atoms with van der Waals surface area (Å²) >= 11 is 0. The number of nitrogens with zero attached hydrogens (tertiary/aromatic N) is 4. The Kier molecular flexibility index (Phi) is 2.52. The first kappa shape index (κ1) is 12.9. The summed E-state index contributed by atoms with van der Waals surface area (Å²) in [5.74, 6) is 0.314. The molecule has 0 bridgehead atoms. The van der Waals surface area contributed by atoms with Crippen LogP contribution in [0.3, 0.4) is 0 Å². The van der Waals surface area contributed by atoms with Gasteiger partial charge in [-0.2, -0.15) is 0 Å². The highest BCUT2D eigenvalue weighted by Gasteiger charge is 2.68. The van der Waals surface area contributed by atoms with Crippen LogP contribution in [0.1, 0.15) is 12.6 Å². The van der Waals surface area contributed by atoms with E-state index in [1.54, 1.807) is 4.57 Å². The lowest BCUT2D eigenvalue weighted by atomic mass is 10.1. The fraction of sp³-hybridized carbons (Fsp3) is 0.583. The topological polar surface area (TPSA) is 145 Å². The van der Waals surface area contributed by atoms with Crippen molar-refractivity contribution in [3.8, 4) is 0 Å². The van der Waals surface area contributed by atoms with Crippen LogP contribution in [0.5, 0.6) is 0 Å². The third-order valence-corrected chi connectivity index (χ3v) is 4.50. The van der Waals surface area contributed by atoms with Crippen molar-refractivity contribution in [3.63, 3.8) is 0 Å².